The Morgan fingerprint density at radius 1 is 1.22 bits per heavy atom. The number of hydrogen-bond acceptors (Lipinski definition) is 3. The number of aromatic nitrogens is 1. The number of aliphatic hydroxyl groups is 1. The highest BCUT2D eigenvalue weighted by atomic mass is 16.3. The maximum atomic E-state index is 9.99. The Kier molecular flexibility index (Phi) is 4.45. The van der Waals surface area contributed by atoms with Crippen LogP contribution in [0, 0.1) is 6.92 Å². The number of rotatable bonds is 5. The first-order valence-corrected chi connectivity index (χ1v) is 6.10. The predicted octanol–water partition coefficient (Wildman–Crippen LogP) is 2.21. The van der Waals surface area contributed by atoms with Crippen LogP contribution in [0.4, 0.5) is 0 Å². The summed E-state index contributed by atoms with van der Waals surface area (Å²) < 4.78 is 0. The third kappa shape index (κ3) is 3.39. The Bertz CT molecular complexity index is 485. The first-order valence-electron chi connectivity index (χ1n) is 6.10. The van der Waals surface area contributed by atoms with Crippen LogP contribution in [0.1, 0.15) is 22.8 Å². The molecule has 2 rings (SSSR count). The minimum absolute atomic E-state index is 0.469. The third-order valence-electron chi connectivity index (χ3n) is 2.98. The van der Waals surface area contributed by atoms with Gasteiger partial charge in [0.25, 0.3) is 0 Å². The SMILES string of the molecule is Cc1ccncc1CNCC(O)c1ccccc1. The summed E-state index contributed by atoms with van der Waals surface area (Å²) in [5, 5.41) is 13.2. The zero-order chi connectivity index (χ0) is 12.8. The number of pyridine rings is 1. The molecule has 2 aromatic rings. The van der Waals surface area contributed by atoms with Gasteiger partial charge in [-0.15, -0.1) is 0 Å². The van der Waals surface area contributed by atoms with Gasteiger partial charge in [0.2, 0.25) is 0 Å². The van der Waals surface area contributed by atoms with Crippen LogP contribution in [0.5, 0.6) is 0 Å². The lowest BCUT2D eigenvalue weighted by Crippen LogP contribution is -2.21. The van der Waals surface area contributed by atoms with Crippen LogP contribution in [0.2, 0.25) is 0 Å². The van der Waals surface area contributed by atoms with Crippen molar-refractivity contribution in [3.63, 3.8) is 0 Å². The second-order valence-corrected chi connectivity index (χ2v) is 4.36. The summed E-state index contributed by atoms with van der Waals surface area (Å²) in [5.41, 5.74) is 3.32. The molecular formula is C15H18N2O. The van der Waals surface area contributed by atoms with Crippen molar-refractivity contribution in [1.82, 2.24) is 10.3 Å². The molecule has 1 atom stereocenters. The third-order valence-corrected chi connectivity index (χ3v) is 2.98. The highest BCUT2D eigenvalue weighted by molar-refractivity contribution is 5.21. The predicted molar refractivity (Wildman–Crippen MR) is 72.1 cm³/mol. The van der Waals surface area contributed by atoms with Crippen LogP contribution < -0.4 is 5.32 Å². The van der Waals surface area contributed by atoms with Crippen molar-refractivity contribution in [1.29, 1.82) is 0 Å². The van der Waals surface area contributed by atoms with Crippen LogP contribution in [-0.2, 0) is 6.54 Å². The van der Waals surface area contributed by atoms with E-state index in [2.05, 4.69) is 17.2 Å². The molecule has 0 fully saturated rings. The van der Waals surface area contributed by atoms with E-state index in [9.17, 15) is 5.11 Å². The molecule has 0 saturated heterocycles. The molecule has 1 unspecified atom stereocenters. The lowest BCUT2D eigenvalue weighted by atomic mass is 10.1. The zero-order valence-corrected chi connectivity index (χ0v) is 10.5. The summed E-state index contributed by atoms with van der Waals surface area (Å²) in [6, 6.07) is 11.7. The van der Waals surface area contributed by atoms with E-state index in [1.54, 1.807) is 6.20 Å². The molecule has 0 saturated carbocycles. The largest absolute Gasteiger partial charge is 0.387 e. The van der Waals surface area contributed by atoms with Crippen molar-refractivity contribution in [2.75, 3.05) is 6.54 Å². The Morgan fingerprint density at radius 2 is 2.00 bits per heavy atom. The summed E-state index contributed by atoms with van der Waals surface area (Å²) in [6.45, 7) is 3.33. The number of benzene rings is 1. The number of aryl methyl sites for hydroxylation is 1. The molecule has 1 aromatic heterocycles. The average Bonchev–Trinajstić information content (AvgIpc) is 2.42. The van der Waals surface area contributed by atoms with Crippen LogP contribution in [0.25, 0.3) is 0 Å². The fourth-order valence-electron chi connectivity index (χ4n) is 1.82. The van der Waals surface area contributed by atoms with Gasteiger partial charge in [-0.25, -0.2) is 0 Å². The molecule has 0 radical (unpaired) electrons. The maximum Gasteiger partial charge on any atom is 0.0914 e. The van der Waals surface area contributed by atoms with Gasteiger partial charge in [0, 0.05) is 25.5 Å². The summed E-state index contributed by atoms with van der Waals surface area (Å²) >= 11 is 0. The lowest BCUT2D eigenvalue weighted by molar-refractivity contribution is 0.174. The van der Waals surface area contributed by atoms with Gasteiger partial charge >= 0.3 is 0 Å². The highest BCUT2D eigenvalue weighted by Gasteiger charge is 2.06. The van der Waals surface area contributed by atoms with Crippen LogP contribution in [0.15, 0.2) is 48.8 Å². The summed E-state index contributed by atoms with van der Waals surface area (Å²) in [5.74, 6) is 0. The molecule has 1 heterocycles. The summed E-state index contributed by atoms with van der Waals surface area (Å²) in [7, 11) is 0. The fraction of sp³-hybridized carbons (Fsp3) is 0.267. The van der Waals surface area contributed by atoms with E-state index in [0.717, 1.165) is 17.7 Å². The van der Waals surface area contributed by atoms with Gasteiger partial charge in [0.15, 0.2) is 0 Å². The highest BCUT2D eigenvalue weighted by Crippen LogP contribution is 2.11. The van der Waals surface area contributed by atoms with Gasteiger partial charge in [0.1, 0.15) is 0 Å². The topological polar surface area (TPSA) is 45.2 Å². The van der Waals surface area contributed by atoms with Gasteiger partial charge < -0.3 is 10.4 Å². The number of hydrogen-bond donors (Lipinski definition) is 2. The van der Waals surface area contributed by atoms with Crippen molar-refractivity contribution in [2.24, 2.45) is 0 Å². The molecule has 0 spiro atoms. The van der Waals surface area contributed by atoms with Gasteiger partial charge in [-0.1, -0.05) is 30.3 Å². The molecular weight excluding hydrogens is 224 g/mol. The first kappa shape index (κ1) is 12.7. The second-order valence-electron chi connectivity index (χ2n) is 4.36. The minimum Gasteiger partial charge on any atom is -0.387 e. The van der Waals surface area contributed by atoms with Crippen molar-refractivity contribution < 1.29 is 5.11 Å². The molecule has 0 aliphatic heterocycles. The molecule has 0 aliphatic rings. The summed E-state index contributed by atoms with van der Waals surface area (Å²) in [4.78, 5) is 4.10. The first-order chi connectivity index (χ1) is 8.77. The molecule has 3 nitrogen and oxygen atoms in total. The van der Waals surface area contributed by atoms with Gasteiger partial charge in [-0.05, 0) is 29.7 Å². The zero-order valence-electron chi connectivity index (χ0n) is 10.5. The minimum atomic E-state index is -0.469. The van der Waals surface area contributed by atoms with Crippen LogP contribution in [0.3, 0.4) is 0 Å². The number of nitrogens with zero attached hydrogens (tertiary/aromatic N) is 1. The van der Waals surface area contributed by atoms with E-state index >= 15 is 0 Å². The smallest absolute Gasteiger partial charge is 0.0914 e. The maximum absolute atomic E-state index is 9.99. The second kappa shape index (κ2) is 6.28. The fourth-order valence-corrected chi connectivity index (χ4v) is 1.82. The normalized spacial score (nSPS) is 12.3. The molecule has 18 heavy (non-hydrogen) atoms. The van der Waals surface area contributed by atoms with E-state index in [1.807, 2.05) is 42.6 Å². The van der Waals surface area contributed by atoms with Gasteiger partial charge in [-0.2, -0.15) is 0 Å². The van der Waals surface area contributed by atoms with Gasteiger partial charge in [0.05, 0.1) is 6.10 Å². The van der Waals surface area contributed by atoms with E-state index in [1.165, 1.54) is 5.56 Å². The quantitative estimate of drug-likeness (QED) is 0.845. The van der Waals surface area contributed by atoms with E-state index in [0.29, 0.717) is 6.54 Å². The van der Waals surface area contributed by atoms with E-state index in [-0.39, 0.29) is 0 Å². The molecule has 2 N–H and O–H groups in total. The standard InChI is InChI=1S/C15H18N2O/c1-12-7-8-16-9-14(12)10-17-11-15(18)13-5-3-2-4-6-13/h2-9,15,17-18H,10-11H2,1H3. The Morgan fingerprint density at radius 3 is 2.72 bits per heavy atom. The molecule has 94 valence electrons. The van der Waals surface area contributed by atoms with Crippen molar-refractivity contribution in [2.45, 2.75) is 19.6 Å². The lowest BCUT2D eigenvalue weighted by Gasteiger charge is -2.12. The number of nitrogens with one attached hydrogen (secondary N) is 1. The average molecular weight is 242 g/mol. The summed E-state index contributed by atoms with van der Waals surface area (Å²) in [6.07, 6.45) is 3.18. The number of aliphatic hydroxyl groups excluding tert-OH is 1. The monoisotopic (exact) mass is 242 g/mol. The van der Waals surface area contributed by atoms with Crippen molar-refractivity contribution in [3.05, 3.63) is 65.5 Å². The molecule has 3 heteroatoms. The van der Waals surface area contributed by atoms with Crippen LogP contribution in [-0.4, -0.2) is 16.6 Å². The molecule has 0 amide bonds. The van der Waals surface area contributed by atoms with E-state index in [4.69, 9.17) is 0 Å². The van der Waals surface area contributed by atoms with Gasteiger partial charge in [-0.3, -0.25) is 4.98 Å². The Hall–Kier alpha value is -1.71. The molecule has 0 bridgehead atoms. The van der Waals surface area contributed by atoms with E-state index < -0.39 is 6.10 Å². The van der Waals surface area contributed by atoms with Crippen LogP contribution >= 0.6 is 0 Å². The van der Waals surface area contributed by atoms with Crippen molar-refractivity contribution in [3.8, 4) is 0 Å². The van der Waals surface area contributed by atoms with Crippen molar-refractivity contribution >= 4 is 0 Å². The Balaban J connectivity index is 1.84. The Labute approximate surface area is 108 Å². The molecule has 0 aliphatic carbocycles. The molecule has 1 aromatic carbocycles.